The van der Waals surface area contributed by atoms with Gasteiger partial charge in [-0.2, -0.15) is 0 Å². The maximum Gasteiger partial charge on any atom is 0.226 e. The molecule has 0 saturated carbocycles. The molecule has 1 heterocycles. The fraction of sp³-hybridized carbons (Fsp3) is 0.227. The van der Waals surface area contributed by atoms with Gasteiger partial charge in [-0.1, -0.05) is 43.8 Å². The van der Waals surface area contributed by atoms with Crippen molar-refractivity contribution in [2.75, 3.05) is 11.1 Å². The molecule has 1 aromatic heterocycles. The van der Waals surface area contributed by atoms with E-state index in [2.05, 4.69) is 21.4 Å². The van der Waals surface area contributed by atoms with Crippen LogP contribution >= 0.6 is 11.8 Å². The van der Waals surface area contributed by atoms with E-state index in [1.54, 1.807) is 24.3 Å². The van der Waals surface area contributed by atoms with E-state index in [0.29, 0.717) is 17.8 Å². The molecule has 0 fully saturated rings. The molecule has 0 unspecified atom stereocenters. The Kier molecular flexibility index (Phi) is 6.31. The zero-order valence-electron chi connectivity index (χ0n) is 16.0. The number of nitrogens with one attached hydrogen (secondary N) is 1. The number of Topliss-reactive ketones (excluding diaryl/α,β-unsaturated/α-hetero) is 1. The highest BCUT2D eigenvalue weighted by Gasteiger charge is 2.14. The van der Waals surface area contributed by atoms with Gasteiger partial charge in [0.05, 0.1) is 16.8 Å². The van der Waals surface area contributed by atoms with Gasteiger partial charge in [-0.15, -0.1) is 6.58 Å². The van der Waals surface area contributed by atoms with Crippen LogP contribution in [0.25, 0.3) is 11.0 Å². The summed E-state index contributed by atoms with van der Waals surface area (Å²) >= 11 is 1.42. The molecule has 3 aromatic rings. The van der Waals surface area contributed by atoms with E-state index in [0.717, 1.165) is 16.2 Å². The summed E-state index contributed by atoms with van der Waals surface area (Å²) in [5, 5.41) is 3.62. The first-order valence-electron chi connectivity index (χ1n) is 9.12. The van der Waals surface area contributed by atoms with Crippen LogP contribution in [0.4, 0.5) is 5.69 Å². The number of hydrogen-bond donors (Lipinski definition) is 1. The van der Waals surface area contributed by atoms with Crippen LogP contribution in [0.15, 0.2) is 66.3 Å². The molecule has 0 aliphatic rings. The SMILES string of the molecule is C=CCn1c(SCC(=O)c2ccc(NC(=O)C(C)C)cc2)nc2ccccc21. The number of hydrogen-bond acceptors (Lipinski definition) is 4. The third-order valence-electron chi connectivity index (χ3n) is 4.26. The van der Waals surface area contributed by atoms with Gasteiger partial charge in [0.2, 0.25) is 5.91 Å². The number of ketones is 1. The summed E-state index contributed by atoms with van der Waals surface area (Å²) in [5.74, 6) is 0.172. The Morgan fingerprint density at radius 3 is 2.57 bits per heavy atom. The van der Waals surface area contributed by atoms with E-state index >= 15 is 0 Å². The number of fused-ring (bicyclic) bond motifs is 1. The van der Waals surface area contributed by atoms with Gasteiger partial charge in [0.1, 0.15) is 0 Å². The van der Waals surface area contributed by atoms with Gasteiger partial charge in [-0.3, -0.25) is 9.59 Å². The van der Waals surface area contributed by atoms with Crippen molar-refractivity contribution in [3.05, 3.63) is 66.7 Å². The van der Waals surface area contributed by atoms with E-state index < -0.39 is 0 Å². The number of rotatable bonds is 8. The van der Waals surface area contributed by atoms with Crippen LogP contribution in [0.1, 0.15) is 24.2 Å². The third kappa shape index (κ3) is 4.51. The monoisotopic (exact) mass is 393 g/mol. The van der Waals surface area contributed by atoms with Crippen molar-refractivity contribution in [2.45, 2.75) is 25.5 Å². The average molecular weight is 394 g/mol. The fourth-order valence-corrected chi connectivity index (χ4v) is 3.63. The number of carbonyl (C=O) groups excluding carboxylic acids is 2. The summed E-state index contributed by atoms with van der Waals surface area (Å²) in [5.41, 5.74) is 3.24. The first-order chi connectivity index (χ1) is 13.5. The Bertz CT molecular complexity index is 1010. The highest BCUT2D eigenvalue weighted by atomic mass is 32.2. The number of amides is 1. The molecule has 0 radical (unpaired) electrons. The summed E-state index contributed by atoms with van der Waals surface area (Å²) in [6.45, 7) is 8.13. The van der Waals surface area contributed by atoms with Crippen LogP contribution in [-0.2, 0) is 11.3 Å². The number of allylic oxidation sites excluding steroid dienone is 1. The smallest absolute Gasteiger partial charge is 0.226 e. The zero-order valence-corrected chi connectivity index (χ0v) is 16.8. The quantitative estimate of drug-likeness (QED) is 0.339. The molecule has 2 aromatic carbocycles. The van der Waals surface area contributed by atoms with E-state index in [9.17, 15) is 9.59 Å². The van der Waals surface area contributed by atoms with Gasteiger partial charge in [-0.05, 0) is 36.4 Å². The summed E-state index contributed by atoms with van der Waals surface area (Å²) in [6.07, 6.45) is 1.82. The Labute approximate surface area is 168 Å². The molecule has 5 nitrogen and oxygen atoms in total. The number of imidazole rings is 1. The average Bonchev–Trinajstić information content (AvgIpc) is 3.04. The number of anilines is 1. The number of benzene rings is 2. The van der Waals surface area contributed by atoms with Gasteiger partial charge in [0, 0.05) is 23.7 Å². The molecule has 0 bridgehead atoms. The van der Waals surface area contributed by atoms with Gasteiger partial charge >= 0.3 is 0 Å². The number of carbonyl (C=O) groups is 2. The van der Waals surface area contributed by atoms with Crippen molar-refractivity contribution < 1.29 is 9.59 Å². The summed E-state index contributed by atoms with van der Waals surface area (Å²) in [7, 11) is 0. The van der Waals surface area contributed by atoms with Crippen LogP contribution in [0, 0.1) is 5.92 Å². The maximum atomic E-state index is 12.6. The molecule has 0 aliphatic carbocycles. The minimum atomic E-state index is -0.0903. The Morgan fingerprint density at radius 1 is 1.18 bits per heavy atom. The van der Waals surface area contributed by atoms with Crippen molar-refractivity contribution in [1.82, 2.24) is 9.55 Å². The molecule has 0 aliphatic heterocycles. The minimum absolute atomic E-state index is 0.0175. The van der Waals surface area contributed by atoms with Crippen molar-refractivity contribution >= 4 is 40.2 Å². The first-order valence-corrected chi connectivity index (χ1v) is 10.1. The zero-order chi connectivity index (χ0) is 20.1. The molecule has 28 heavy (non-hydrogen) atoms. The molecule has 6 heteroatoms. The lowest BCUT2D eigenvalue weighted by atomic mass is 10.1. The van der Waals surface area contributed by atoms with Gasteiger partial charge in [0.25, 0.3) is 0 Å². The second-order valence-electron chi connectivity index (χ2n) is 6.72. The molecule has 0 atom stereocenters. The van der Waals surface area contributed by atoms with E-state index in [4.69, 9.17) is 0 Å². The van der Waals surface area contributed by atoms with Gasteiger partial charge in [0.15, 0.2) is 10.9 Å². The van der Waals surface area contributed by atoms with Crippen molar-refractivity contribution in [1.29, 1.82) is 0 Å². The van der Waals surface area contributed by atoms with Crippen LogP contribution in [0.2, 0.25) is 0 Å². The Morgan fingerprint density at radius 2 is 1.89 bits per heavy atom. The topological polar surface area (TPSA) is 64.0 Å². The molecule has 144 valence electrons. The summed E-state index contributed by atoms with van der Waals surface area (Å²) in [4.78, 5) is 29.0. The predicted octanol–water partition coefficient (Wildman–Crippen LogP) is 4.79. The lowest BCUT2D eigenvalue weighted by Crippen LogP contribution is -2.17. The molecular formula is C22H23N3O2S. The summed E-state index contributed by atoms with van der Waals surface area (Å²) in [6, 6.07) is 14.9. The lowest BCUT2D eigenvalue weighted by Gasteiger charge is -2.08. The highest BCUT2D eigenvalue weighted by Crippen LogP contribution is 2.25. The standard InChI is InChI=1S/C22H23N3O2S/c1-4-13-25-19-8-6-5-7-18(19)24-22(25)28-14-20(26)16-9-11-17(12-10-16)23-21(27)15(2)3/h4-12,15H,1,13-14H2,2-3H3,(H,23,27). The highest BCUT2D eigenvalue weighted by molar-refractivity contribution is 7.99. The minimum Gasteiger partial charge on any atom is -0.326 e. The molecule has 0 spiro atoms. The van der Waals surface area contributed by atoms with Crippen LogP contribution in [0.3, 0.4) is 0 Å². The Balaban J connectivity index is 1.69. The van der Waals surface area contributed by atoms with E-state index in [1.165, 1.54) is 11.8 Å². The second kappa shape index (κ2) is 8.89. The number of para-hydroxylation sites is 2. The second-order valence-corrected chi connectivity index (χ2v) is 7.66. The van der Waals surface area contributed by atoms with Crippen molar-refractivity contribution in [2.24, 2.45) is 5.92 Å². The van der Waals surface area contributed by atoms with Crippen molar-refractivity contribution in [3.8, 4) is 0 Å². The fourth-order valence-electron chi connectivity index (χ4n) is 2.71. The maximum absolute atomic E-state index is 12.6. The normalized spacial score (nSPS) is 11.0. The van der Waals surface area contributed by atoms with E-state index in [1.807, 2.05) is 44.2 Å². The van der Waals surface area contributed by atoms with Crippen LogP contribution in [0.5, 0.6) is 0 Å². The van der Waals surface area contributed by atoms with Gasteiger partial charge in [-0.25, -0.2) is 4.98 Å². The van der Waals surface area contributed by atoms with Crippen LogP contribution in [-0.4, -0.2) is 27.0 Å². The molecule has 3 rings (SSSR count). The molecule has 1 N–H and O–H groups in total. The molecule has 1 amide bonds. The predicted molar refractivity (Wildman–Crippen MR) is 115 cm³/mol. The molecular weight excluding hydrogens is 370 g/mol. The summed E-state index contributed by atoms with van der Waals surface area (Å²) < 4.78 is 2.06. The first kappa shape index (κ1) is 19.9. The molecule has 0 saturated heterocycles. The van der Waals surface area contributed by atoms with Gasteiger partial charge < -0.3 is 9.88 Å². The largest absolute Gasteiger partial charge is 0.326 e. The number of thioether (sulfide) groups is 1. The number of nitrogens with zero attached hydrogens (tertiary/aromatic N) is 2. The Hall–Kier alpha value is -2.86. The van der Waals surface area contributed by atoms with Crippen molar-refractivity contribution in [3.63, 3.8) is 0 Å². The van der Waals surface area contributed by atoms with Crippen LogP contribution < -0.4 is 5.32 Å². The van der Waals surface area contributed by atoms with E-state index in [-0.39, 0.29) is 23.4 Å². The lowest BCUT2D eigenvalue weighted by molar-refractivity contribution is -0.118. The third-order valence-corrected chi connectivity index (χ3v) is 5.24. The number of aromatic nitrogens is 2.